The predicted molar refractivity (Wildman–Crippen MR) is 81.8 cm³/mol. The molecule has 22 heavy (non-hydrogen) atoms. The second-order valence-corrected chi connectivity index (χ2v) is 5.60. The summed E-state index contributed by atoms with van der Waals surface area (Å²) in [6.07, 6.45) is 6.15. The lowest BCUT2D eigenvalue weighted by Gasteiger charge is -2.01. The van der Waals surface area contributed by atoms with Crippen LogP contribution < -0.4 is 4.57 Å². The molecular formula is C17H20FN4+. The number of hydrogen-bond donors (Lipinski definition) is 0. The SMILES string of the molecule is Cc1cc(C)n(CCn2cc[n+](Cc3ccc(F)cc3)c2)n1. The van der Waals surface area contributed by atoms with Crippen LogP contribution in [0, 0.1) is 19.7 Å². The molecule has 2 aromatic heterocycles. The van der Waals surface area contributed by atoms with Gasteiger partial charge in [-0.25, -0.2) is 13.5 Å². The fourth-order valence-electron chi connectivity index (χ4n) is 2.58. The minimum absolute atomic E-state index is 0.198. The molecule has 1 aromatic carbocycles. The molecule has 0 saturated heterocycles. The summed E-state index contributed by atoms with van der Waals surface area (Å²) < 4.78 is 19.2. The quantitative estimate of drug-likeness (QED) is 0.665. The van der Waals surface area contributed by atoms with Crippen LogP contribution in [0.1, 0.15) is 17.0 Å². The van der Waals surface area contributed by atoms with Crippen molar-refractivity contribution in [1.82, 2.24) is 14.3 Å². The van der Waals surface area contributed by atoms with E-state index < -0.39 is 0 Å². The van der Waals surface area contributed by atoms with E-state index in [1.807, 2.05) is 29.9 Å². The summed E-state index contributed by atoms with van der Waals surface area (Å²) in [6, 6.07) is 8.71. The average molecular weight is 299 g/mol. The zero-order valence-corrected chi connectivity index (χ0v) is 12.9. The number of nitrogens with zero attached hydrogens (tertiary/aromatic N) is 4. The van der Waals surface area contributed by atoms with Crippen molar-refractivity contribution in [3.8, 4) is 0 Å². The Morgan fingerprint density at radius 3 is 2.59 bits per heavy atom. The fourth-order valence-corrected chi connectivity index (χ4v) is 2.58. The van der Waals surface area contributed by atoms with Crippen LogP contribution in [-0.4, -0.2) is 14.3 Å². The molecule has 2 heterocycles. The second kappa shape index (κ2) is 6.13. The molecule has 0 aliphatic heterocycles. The Hall–Kier alpha value is -2.43. The van der Waals surface area contributed by atoms with E-state index >= 15 is 0 Å². The van der Waals surface area contributed by atoms with Crippen LogP contribution in [0.2, 0.25) is 0 Å². The molecule has 0 N–H and O–H groups in total. The highest BCUT2D eigenvalue weighted by Gasteiger charge is 2.07. The Morgan fingerprint density at radius 2 is 1.91 bits per heavy atom. The van der Waals surface area contributed by atoms with E-state index in [9.17, 15) is 4.39 Å². The third-order valence-electron chi connectivity index (χ3n) is 3.70. The molecule has 4 nitrogen and oxygen atoms in total. The molecule has 3 rings (SSSR count). The highest BCUT2D eigenvalue weighted by atomic mass is 19.1. The lowest BCUT2D eigenvalue weighted by Crippen LogP contribution is -2.31. The third kappa shape index (κ3) is 3.42. The summed E-state index contributed by atoms with van der Waals surface area (Å²) in [4.78, 5) is 0. The van der Waals surface area contributed by atoms with Gasteiger partial charge in [-0.2, -0.15) is 5.10 Å². The second-order valence-electron chi connectivity index (χ2n) is 5.60. The molecule has 0 aliphatic rings. The minimum Gasteiger partial charge on any atom is -0.266 e. The monoisotopic (exact) mass is 299 g/mol. The molecular weight excluding hydrogens is 279 g/mol. The van der Waals surface area contributed by atoms with Gasteiger partial charge in [0.2, 0.25) is 6.33 Å². The zero-order chi connectivity index (χ0) is 15.5. The van der Waals surface area contributed by atoms with Gasteiger partial charge in [0.05, 0.1) is 12.2 Å². The summed E-state index contributed by atoms with van der Waals surface area (Å²) in [5.41, 5.74) is 3.32. The number of hydrogen-bond acceptors (Lipinski definition) is 1. The van der Waals surface area contributed by atoms with Crippen molar-refractivity contribution in [1.29, 1.82) is 0 Å². The Bertz CT molecular complexity index is 755. The molecule has 0 saturated carbocycles. The highest BCUT2D eigenvalue weighted by molar-refractivity contribution is 5.14. The van der Waals surface area contributed by atoms with E-state index in [4.69, 9.17) is 0 Å². The van der Waals surface area contributed by atoms with Gasteiger partial charge in [0.1, 0.15) is 31.3 Å². The van der Waals surface area contributed by atoms with E-state index in [0.29, 0.717) is 0 Å². The van der Waals surface area contributed by atoms with Gasteiger partial charge in [0.25, 0.3) is 0 Å². The maximum Gasteiger partial charge on any atom is 0.244 e. The smallest absolute Gasteiger partial charge is 0.244 e. The van der Waals surface area contributed by atoms with Gasteiger partial charge in [-0.05, 0) is 37.6 Å². The number of aryl methyl sites for hydroxylation is 4. The Kier molecular flexibility index (Phi) is 4.04. The van der Waals surface area contributed by atoms with Gasteiger partial charge in [-0.15, -0.1) is 0 Å². The summed E-state index contributed by atoms with van der Waals surface area (Å²) >= 11 is 0. The Labute approximate surface area is 129 Å². The molecule has 0 spiro atoms. The largest absolute Gasteiger partial charge is 0.266 e. The van der Waals surface area contributed by atoms with Crippen molar-refractivity contribution < 1.29 is 8.96 Å². The van der Waals surface area contributed by atoms with Gasteiger partial charge in [0.15, 0.2) is 0 Å². The Morgan fingerprint density at radius 1 is 1.14 bits per heavy atom. The molecule has 0 fully saturated rings. The van der Waals surface area contributed by atoms with Crippen molar-refractivity contribution >= 4 is 0 Å². The first-order valence-electron chi connectivity index (χ1n) is 7.40. The summed E-state index contributed by atoms with van der Waals surface area (Å²) in [6.45, 7) is 6.55. The fraction of sp³-hybridized carbons (Fsp3) is 0.294. The molecule has 3 aromatic rings. The molecule has 0 radical (unpaired) electrons. The first-order valence-corrected chi connectivity index (χ1v) is 7.40. The van der Waals surface area contributed by atoms with E-state index in [1.54, 1.807) is 0 Å². The third-order valence-corrected chi connectivity index (χ3v) is 3.70. The van der Waals surface area contributed by atoms with E-state index in [1.165, 1.54) is 17.8 Å². The first-order chi connectivity index (χ1) is 10.6. The van der Waals surface area contributed by atoms with E-state index in [0.717, 1.165) is 30.9 Å². The Balaban J connectivity index is 1.61. The maximum atomic E-state index is 12.9. The zero-order valence-electron chi connectivity index (χ0n) is 12.9. The number of benzene rings is 1. The van der Waals surface area contributed by atoms with Gasteiger partial charge < -0.3 is 0 Å². The van der Waals surface area contributed by atoms with Crippen LogP contribution in [0.15, 0.2) is 49.1 Å². The van der Waals surface area contributed by atoms with Crippen molar-refractivity contribution in [2.24, 2.45) is 0 Å². The van der Waals surface area contributed by atoms with Gasteiger partial charge in [-0.1, -0.05) is 12.1 Å². The van der Waals surface area contributed by atoms with Gasteiger partial charge in [-0.3, -0.25) is 4.68 Å². The molecule has 0 bridgehead atoms. The van der Waals surface area contributed by atoms with Crippen LogP contribution in [0.4, 0.5) is 4.39 Å². The maximum absolute atomic E-state index is 12.9. The van der Waals surface area contributed by atoms with Crippen LogP contribution >= 0.6 is 0 Å². The summed E-state index contributed by atoms with van der Waals surface area (Å²) in [5.74, 6) is -0.198. The van der Waals surface area contributed by atoms with Crippen LogP contribution in [-0.2, 0) is 19.6 Å². The topological polar surface area (TPSA) is 26.6 Å². The van der Waals surface area contributed by atoms with Crippen molar-refractivity contribution in [2.75, 3.05) is 0 Å². The number of halogens is 1. The predicted octanol–water partition coefficient (Wildman–Crippen LogP) is 2.48. The van der Waals surface area contributed by atoms with Crippen molar-refractivity contribution in [3.05, 3.63) is 71.8 Å². The van der Waals surface area contributed by atoms with Gasteiger partial charge >= 0.3 is 0 Å². The van der Waals surface area contributed by atoms with Crippen molar-refractivity contribution in [3.63, 3.8) is 0 Å². The van der Waals surface area contributed by atoms with E-state index in [-0.39, 0.29) is 5.82 Å². The van der Waals surface area contributed by atoms with E-state index in [2.05, 4.69) is 39.7 Å². The highest BCUT2D eigenvalue weighted by Crippen LogP contribution is 2.03. The van der Waals surface area contributed by atoms with Crippen molar-refractivity contribution in [2.45, 2.75) is 33.5 Å². The number of imidazole rings is 1. The molecule has 114 valence electrons. The van der Waals surface area contributed by atoms with Crippen LogP contribution in [0.25, 0.3) is 0 Å². The van der Waals surface area contributed by atoms with Crippen LogP contribution in [0.3, 0.4) is 0 Å². The standard InChI is InChI=1S/C17H20FN4/c1-14-11-15(2)22(19-14)10-9-20-7-8-21(13-20)12-16-3-5-17(18)6-4-16/h3-8,11,13H,9-10,12H2,1-2H3/q+1. The molecule has 0 unspecified atom stereocenters. The molecule has 0 aliphatic carbocycles. The lowest BCUT2D eigenvalue weighted by molar-refractivity contribution is -0.687. The summed E-state index contributed by atoms with van der Waals surface area (Å²) in [5, 5.41) is 4.47. The average Bonchev–Trinajstić information content (AvgIpc) is 3.05. The normalized spacial score (nSPS) is 11.0. The molecule has 0 amide bonds. The molecule has 0 atom stereocenters. The number of rotatable bonds is 5. The number of aromatic nitrogens is 4. The summed E-state index contributed by atoms with van der Waals surface area (Å²) in [7, 11) is 0. The molecule has 5 heteroatoms. The first kappa shape index (κ1) is 14.5. The minimum atomic E-state index is -0.198. The van der Waals surface area contributed by atoms with Gasteiger partial charge in [0, 0.05) is 5.69 Å². The van der Waals surface area contributed by atoms with Crippen LogP contribution in [0.5, 0.6) is 0 Å². The lowest BCUT2D eigenvalue weighted by atomic mass is 10.2.